The number of ether oxygens (including phenoxy) is 1. The number of rotatable bonds is 5. The molecule has 1 fully saturated rings. The number of amides is 1. The van der Waals surface area contributed by atoms with Gasteiger partial charge in [-0.1, -0.05) is 23.7 Å². The normalized spacial score (nSPS) is 16.0. The third kappa shape index (κ3) is 4.10. The zero-order valence-corrected chi connectivity index (χ0v) is 16.6. The molecule has 2 heterocycles. The van der Waals surface area contributed by atoms with Gasteiger partial charge in [0.1, 0.15) is 4.21 Å². The average Bonchev–Trinajstić information content (AvgIpc) is 3.09. The summed E-state index contributed by atoms with van der Waals surface area (Å²) in [6.07, 6.45) is 0. The van der Waals surface area contributed by atoms with E-state index in [4.69, 9.17) is 16.3 Å². The largest absolute Gasteiger partial charge is 0.380 e. The first-order valence-corrected chi connectivity index (χ1v) is 10.7. The maximum Gasteiger partial charge on any atom is 0.253 e. The van der Waals surface area contributed by atoms with Gasteiger partial charge in [-0.3, -0.25) is 4.79 Å². The second kappa shape index (κ2) is 8.06. The Labute approximate surface area is 162 Å². The number of piperazine rings is 1. The smallest absolute Gasteiger partial charge is 0.253 e. The fourth-order valence-corrected chi connectivity index (χ4v) is 5.90. The van der Waals surface area contributed by atoms with E-state index < -0.39 is 10.0 Å². The Morgan fingerprint density at radius 3 is 2.54 bits per heavy atom. The van der Waals surface area contributed by atoms with Crippen LogP contribution in [-0.4, -0.2) is 56.8 Å². The van der Waals surface area contributed by atoms with Gasteiger partial charge in [-0.05, 0) is 29.8 Å². The molecule has 140 valence electrons. The summed E-state index contributed by atoms with van der Waals surface area (Å²) >= 11 is 6.89. The molecule has 3 rings (SSSR count). The SMILES string of the molecule is COCc1cccc(C(=O)N2CCN(S(=O)(=O)c3ccc(Cl)s3)CC2)c1. The number of sulfonamides is 1. The lowest BCUT2D eigenvalue weighted by molar-refractivity contribution is 0.0697. The average molecular weight is 415 g/mol. The van der Waals surface area contributed by atoms with E-state index in [0.717, 1.165) is 16.9 Å². The number of benzene rings is 1. The highest BCUT2D eigenvalue weighted by Crippen LogP contribution is 2.28. The molecule has 0 atom stereocenters. The summed E-state index contributed by atoms with van der Waals surface area (Å²) < 4.78 is 32.4. The van der Waals surface area contributed by atoms with E-state index in [1.807, 2.05) is 18.2 Å². The molecule has 6 nitrogen and oxygen atoms in total. The molecule has 26 heavy (non-hydrogen) atoms. The van der Waals surface area contributed by atoms with E-state index in [0.29, 0.717) is 29.6 Å². The zero-order chi connectivity index (χ0) is 18.7. The first kappa shape index (κ1) is 19.3. The van der Waals surface area contributed by atoms with Crippen molar-refractivity contribution in [2.75, 3.05) is 33.3 Å². The van der Waals surface area contributed by atoms with E-state index in [9.17, 15) is 13.2 Å². The maximum absolute atomic E-state index is 12.7. The van der Waals surface area contributed by atoms with Crippen molar-refractivity contribution in [3.8, 4) is 0 Å². The van der Waals surface area contributed by atoms with Gasteiger partial charge in [0.05, 0.1) is 10.9 Å². The Morgan fingerprint density at radius 2 is 1.92 bits per heavy atom. The molecule has 9 heteroatoms. The quantitative estimate of drug-likeness (QED) is 0.754. The van der Waals surface area contributed by atoms with Gasteiger partial charge in [-0.25, -0.2) is 8.42 Å². The summed E-state index contributed by atoms with van der Waals surface area (Å²) in [5, 5.41) is 0. The molecule has 0 aliphatic carbocycles. The summed E-state index contributed by atoms with van der Waals surface area (Å²) in [7, 11) is -1.95. The molecule has 0 saturated carbocycles. The third-order valence-corrected chi connectivity index (χ3v) is 7.75. The minimum atomic E-state index is -3.56. The number of methoxy groups -OCH3 is 1. The number of hydrogen-bond donors (Lipinski definition) is 0. The van der Waals surface area contributed by atoms with Gasteiger partial charge in [0, 0.05) is 38.9 Å². The van der Waals surface area contributed by atoms with Crippen LogP contribution in [0.15, 0.2) is 40.6 Å². The van der Waals surface area contributed by atoms with Crippen molar-refractivity contribution in [2.45, 2.75) is 10.8 Å². The highest BCUT2D eigenvalue weighted by molar-refractivity contribution is 7.91. The minimum absolute atomic E-state index is 0.0980. The van der Waals surface area contributed by atoms with Crippen LogP contribution in [0.2, 0.25) is 4.34 Å². The molecular formula is C17H19ClN2O4S2. The summed E-state index contributed by atoms with van der Waals surface area (Å²) in [5.74, 6) is -0.0980. The lowest BCUT2D eigenvalue weighted by atomic mass is 10.1. The predicted octanol–water partition coefficient (Wildman–Crippen LogP) is 2.69. The van der Waals surface area contributed by atoms with Crippen LogP contribution >= 0.6 is 22.9 Å². The van der Waals surface area contributed by atoms with Gasteiger partial charge in [-0.2, -0.15) is 4.31 Å². The standard InChI is InChI=1S/C17H19ClN2O4S2/c1-24-12-13-3-2-4-14(11-13)17(21)19-7-9-20(10-8-19)26(22,23)16-6-5-15(18)25-16/h2-6,11H,7-10,12H2,1H3. The van der Waals surface area contributed by atoms with Gasteiger partial charge in [-0.15, -0.1) is 11.3 Å². The zero-order valence-electron chi connectivity index (χ0n) is 14.2. The fraction of sp³-hybridized carbons (Fsp3) is 0.353. The van der Waals surface area contributed by atoms with Crippen molar-refractivity contribution in [3.05, 3.63) is 51.9 Å². The highest BCUT2D eigenvalue weighted by Gasteiger charge is 2.31. The van der Waals surface area contributed by atoms with Crippen LogP contribution in [0, 0.1) is 0 Å². The number of halogens is 1. The molecule has 0 unspecified atom stereocenters. The fourth-order valence-electron chi connectivity index (χ4n) is 2.84. The summed E-state index contributed by atoms with van der Waals surface area (Å²) in [4.78, 5) is 14.4. The van der Waals surface area contributed by atoms with Crippen LogP contribution in [-0.2, 0) is 21.4 Å². The second-order valence-electron chi connectivity index (χ2n) is 5.89. The van der Waals surface area contributed by atoms with E-state index in [2.05, 4.69) is 0 Å². The van der Waals surface area contributed by atoms with E-state index in [-0.39, 0.29) is 23.2 Å². The summed E-state index contributed by atoms with van der Waals surface area (Å²) in [6, 6.07) is 10.4. The Balaban J connectivity index is 1.66. The topological polar surface area (TPSA) is 66.9 Å². The number of carbonyl (C=O) groups is 1. The Morgan fingerprint density at radius 1 is 1.19 bits per heavy atom. The van der Waals surface area contributed by atoms with Gasteiger partial charge in [0.2, 0.25) is 0 Å². The molecule has 1 aromatic heterocycles. The lowest BCUT2D eigenvalue weighted by Gasteiger charge is -2.33. The Bertz CT molecular complexity index is 890. The van der Waals surface area contributed by atoms with Gasteiger partial charge in [0.15, 0.2) is 0 Å². The maximum atomic E-state index is 12.7. The number of hydrogen-bond acceptors (Lipinski definition) is 5. The predicted molar refractivity (Wildman–Crippen MR) is 101 cm³/mol. The number of nitrogens with zero attached hydrogens (tertiary/aromatic N) is 2. The molecule has 0 N–H and O–H groups in total. The van der Waals surface area contributed by atoms with Crippen molar-refractivity contribution >= 4 is 38.9 Å². The van der Waals surface area contributed by atoms with Crippen LogP contribution < -0.4 is 0 Å². The summed E-state index contributed by atoms with van der Waals surface area (Å²) in [5.41, 5.74) is 1.51. The highest BCUT2D eigenvalue weighted by atomic mass is 35.5. The molecular weight excluding hydrogens is 396 g/mol. The molecule has 1 amide bonds. The van der Waals surface area contributed by atoms with Crippen LogP contribution in [0.3, 0.4) is 0 Å². The first-order valence-electron chi connectivity index (χ1n) is 8.04. The molecule has 2 aromatic rings. The first-order chi connectivity index (χ1) is 12.4. The number of thiophene rings is 1. The molecule has 1 aromatic carbocycles. The third-order valence-electron chi connectivity index (χ3n) is 4.15. The van der Waals surface area contributed by atoms with E-state index >= 15 is 0 Å². The van der Waals surface area contributed by atoms with Gasteiger partial charge < -0.3 is 9.64 Å². The van der Waals surface area contributed by atoms with Crippen molar-refractivity contribution < 1.29 is 17.9 Å². The van der Waals surface area contributed by atoms with Gasteiger partial charge >= 0.3 is 0 Å². The molecule has 0 radical (unpaired) electrons. The van der Waals surface area contributed by atoms with Crippen LogP contribution in [0.4, 0.5) is 0 Å². The minimum Gasteiger partial charge on any atom is -0.380 e. The summed E-state index contributed by atoms with van der Waals surface area (Å²) in [6.45, 7) is 1.68. The number of carbonyl (C=O) groups excluding carboxylic acids is 1. The van der Waals surface area contributed by atoms with Crippen LogP contribution in [0.1, 0.15) is 15.9 Å². The Kier molecular flexibility index (Phi) is 5.99. The molecule has 1 saturated heterocycles. The van der Waals surface area contributed by atoms with Crippen molar-refractivity contribution in [1.29, 1.82) is 0 Å². The molecule has 1 aliphatic rings. The van der Waals surface area contributed by atoms with Crippen LogP contribution in [0.25, 0.3) is 0 Å². The van der Waals surface area contributed by atoms with Crippen LogP contribution in [0.5, 0.6) is 0 Å². The van der Waals surface area contributed by atoms with Crippen molar-refractivity contribution in [2.24, 2.45) is 0 Å². The van der Waals surface area contributed by atoms with E-state index in [1.54, 1.807) is 24.1 Å². The van der Waals surface area contributed by atoms with Crippen molar-refractivity contribution in [3.63, 3.8) is 0 Å². The molecule has 0 spiro atoms. The van der Waals surface area contributed by atoms with Crippen molar-refractivity contribution in [1.82, 2.24) is 9.21 Å². The van der Waals surface area contributed by atoms with E-state index in [1.165, 1.54) is 10.4 Å². The molecule has 0 bridgehead atoms. The molecule has 1 aliphatic heterocycles. The monoisotopic (exact) mass is 414 g/mol. The lowest BCUT2D eigenvalue weighted by Crippen LogP contribution is -2.50. The Hall–Kier alpha value is -1.45. The second-order valence-corrected chi connectivity index (χ2v) is 9.77. The van der Waals surface area contributed by atoms with Gasteiger partial charge in [0.25, 0.3) is 15.9 Å².